The van der Waals surface area contributed by atoms with E-state index in [4.69, 9.17) is 5.11 Å². The third-order valence-corrected chi connectivity index (χ3v) is 1.10. The Morgan fingerprint density at radius 2 is 2.00 bits per heavy atom. The van der Waals surface area contributed by atoms with Crippen LogP contribution >= 0.6 is 0 Å². The summed E-state index contributed by atoms with van der Waals surface area (Å²) in [4.78, 5) is 0. The molecule has 0 aliphatic rings. The van der Waals surface area contributed by atoms with Gasteiger partial charge < -0.3 is 5.11 Å². The summed E-state index contributed by atoms with van der Waals surface area (Å²) >= 11 is 0. The van der Waals surface area contributed by atoms with Crippen molar-refractivity contribution in [3.8, 4) is 11.8 Å². The lowest BCUT2D eigenvalue weighted by Gasteiger charge is -1.81. The molecule has 0 aliphatic heterocycles. The molecule has 0 aromatic carbocycles. The molecule has 0 aromatic heterocycles. The first-order chi connectivity index (χ1) is 5.66. The molecule has 0 amide bonds. The molecule has 0 atom stereocenters. The van der Waals surface area contributed by atoms with E-state index in [1.165, 1.54) is 0 Å². The predicted octanol–water partition coefficient (Wildman–Crippen LogP) is 2.05. The summed E-state index contributed by atoms with van der Waals surface area (Å²) in [5.74, 6) is 5.67. The summed E-state index contributed by atoms with van der Waals surface area (Å²) in [7, 11) is 0. The van der Waals surface area contributed by atoms with Crippen LogP contribution < -0.4 is 0 Å². The van der Waals surface area contributed by atoms with Gasteiger partial charge in [-0.15, -0.1) is 5.73 Å². The van der Waals surface area contributed by atoms with Crippen LogP contribution in [0.3, 0.4) is 0 Å². The van der Waals surface area contributed by atoms with Gasteiger partial charge >= 0.3 is 0 Å². The highest BCUT2D eigenvalue weighted by Gasteiger charge is 1.75. The van der Waals surface area contributed by atoms with Gasteiger partial charge in [-0.3, -0.25) is 0 Å². The molecule has 0 saturated heterocycles. The largest absolute Gasteiger partial charge is 0.392 e. The SMILES string of the molecule is CC(C)=C=CC#C/C(C)=C/CO. The second kappa shape index (κ2) is 6.49. The van der Waals surface area contributed by atoms with E-state index in [9.17, 15) is 0 Å². The molecular weight excluding hydrogens is 148 g/mol. The lowest BCUT2D eigenvalue weighted by Crippen LogP contribution is -1.75. The van der Waals surface area contributed by atoms with Crippen LogP contribution in [-0.2, 0) is 0 Å². The lowest BCUT2D eigenvalue weighted by atomic mass is 10.3. The van der Waals surface area contributed by atoms with Gasteiger partial charge in [0.25, 0.3) is 0 Å². The Balaban J connectivity index is 4.25. The Kier molecular flexibility index (Phi) is 5.83. The molecule has 0 rings (SSSR count). The van der Waals surface area contributed by atoms with Crippen molar-refractivity contribution in [2.24, 2.45) is 0 Å². The Hall–Kier alpha value is -1.22. The quantitative estimate of drug-likeness (QED) is 0.462. The zero-order valence-corrected chi connectivity index (χ0v) is 7.81. The number of aliphatic hydroxyl groups excluding tert-OH is 1. The molecule has 0 aliphatic carbocycles. The molecule has 12 heavy (non-hydrogen) atoms. The first-order valence-corrected chi connectivity index (χ1v) is 3.84. The average molecular weight is 162 g/mol. The van der Waals surface area contributed by atoms with Gasteiger partial charge in [0, 0.05) is 6.08 Å². The molecule has 0 bridgehead atoms. The molecule has 0 unspecified atom stereocenters. The molecule has 0 saturated carbocycles. The van der Waals surface area contributed by atoms with Crippen LogP contribution in [0.25, 0.3) is 0 Å². The second-order valence-corrected chi connectivity index (χ2v) is 2.63. The van der Waals surface area contributed by atoms with Gasteiger partial charge in [-0.1, -0.05) is 11.8 Å². The first kappa shape index (κ1) is 10.8. The van der Waals surface area contributed by atoms with Gasteiger partial charge in [0.05, 0.1) is 6.61 Å². The van der Waals surface area contributed by atoms with Gasteiger partial charge in [-0.25, -0.2) is 0 Å². The number of aliphatic hydroxyl groups is 1. The summed E-state index contributed by atoms with van der Waals surface area (Å²) in [5.41, 5.74) is 4.95. The number of rotatable bonds is 1. The van der Waals surface area contributed by atoms with Crippen molar-refractivity contribution < 1.29 is 5.11 Å². The summed E-state index contributed by atoms with van der Waals surface area (Å²) < 4.78 is 0. The van der Waals surface area contributed by atoms with E-state index < -0.39 is 0 Å². The summed E-state index contributed by atoms with van der Waals surface area (Å²) in [6.45, 7) is 5.84. The minimum Gasteiger partial charge on any atom is -0.392 e. The zero-order valence-electron chi connectivity index (χ0n) is 7.81. The van der Waals surface area contributed by atoms with Crippen LogP contribution in [0.1, 0.15) is 20.8 Å². The summed E-state index contributed by atoms with van der Waals surface area (Å²) in [5, 5.41) is 8.51. The lowest BCUT2D eigenvalue weighted by molar-refractivity contribution is 0.342. The standard InChI is InChI=1S/C11H14O/c1-10(2)6-4-5-7-11(3)8-9-12/h4,8,12H,9H2,1-3H3/b11-8+. The van der Waals surface area contributed by atoms with Crippen molar-refractivity contribution in [2.45, 2.75) is 20.8 Å². The van der Waals surface area contributed by atoms with Crippen LogP contribution in [0.4, 0.5) is 0 Å². The molecule has 0 aromatic rings. The maximum Gasteiger partial charge on any atom is 0.0624 e. The minimum absolute atomic E-state index is 0.0485. The fourth-order valence-electron chi connectivity index (χ4n) is 0.518. The van der Waals surface area contributed by atoms with Crippen molar-refractivity contribution in [1.29, 1.82) is 0 Å². The average Bonchev–Trinajstić information content (AvgIpc) is 1.98. The molecule has 1 N–H and O–H groups in total. The molecular formula is C11H14O. The van der Waals surface area contributed by atoms with Crippen molar-refractivity contribution in [3.05, 3.63) is 29.0 Å². The summed E-state index contributed by atoms with van der Waals surface area (Å²) in [6, 6.07) is 0. The van der Waals surface area contributed by atoms with Gasteiger partial charge in [-0.2, -0.15) is 0 Å². The topological polar surface area (TPSA) is 20.2 Å². The Labute approximate surface area is 74.1 Å². The van der Waals surface area contributed by atoms with E-state index >= 15 is 0 Å². The van der Waals surface area contributed by atoms with Crippen LogP contribution in [0, 0.1) is 11.8 Å². The van der Waals surface area contributed by atoms with E-state index in [1.807, 2.05) is 20.8 Å². The normalized spacial score (nSPS) is 9.50. The molecule has 0 heterocycles. The van der Waals surface area contributed by atoms with Crippen molar-refractivity contribution in [2.75, 3.05) is 6.61 Å². The number of hydrogen-bond donors (Lipinski definition) is 1. The predicted molar refractivity (Wildman–Crippen MR) is 51.6 cm³/mol. The third kappa shape index (κ3) is 6.89. The maximum atomic E-state index is 8.51. The highest BCUT2D eigenvalue weighted by atomic mass is 16.2. The zero-order chi connectivity index (χ0) is 9.40. The minimum atomic E-state index is 0.0485. The Morgan fingerprint density at radius 3 is 2.50 bits per heavy atom. The molecule has 1 heteroatoms. The van der Waals surface area contributed by atoms with E-state index in [1.54, 1.807) is 12.2 Å². The fourth-order valence-corrected chi connectivity index (χ4v) is 0.518. The monoisotopic (exact) mass is 162 g/mol. The highest BCUT2D eigenvalue weighted by Crippen LogP contribution is 1.87. The summed E-state index contributed by atoms with van der Waals surface area (Å²) in [6.07, 6.45) is 3.35. The van der Waals surface area contributed by atoms with E-state index in [2.05, 4.69) is 17.6 Å². The highest BCUT2D eigenvalue weighted by molar-refractivity contribution is 5.31. The third-order valence-electron chi connectivity index (χ3n) is 1.10. The van der Waals surface area contributed by atoms with Crippen LogP contribution in [0.15, 0.2) is 29.0 Å². The van der Waals surface area contributed by atoms with Gasteiger partial charge in [0.2, 0.25) is 0 Å². The van der Waals surface area contributed by atoms with E-state index in [-0.39, 0.29) is 6.61 Å². The molecule has 1 nitrogen and oxygen atoms in total. The molecule has 0 spiro atoms. The first-order valence-electron chi connectivity index (χ1n) is 3.84. The molecule has 64 valence electrons. The smallest absolute Gasteiger partial charge is 0.0624 e. The Morgan fingerprint density at radius 1 is 1.33 bits per heavy atom. The van der Waals surface area contributed by atoms with Crippen molar-refractivity contribution in [1.82, 2.24) is 0 Å². The molecule has 0 radical (unpaired) electrons. The Bertz CT molecular complexity index is 274. The van der Waals surface area contributed by atoms with E-state index in [0.29, 0.717) is 0 Å². The van der Waals surface area contributed by atoms with Gasteiger partial charge in [-0.05, 0) is 38.0 Å². The van der Waals surface area contributed by atoms with Gasteiger partial charge in [0.15, 0.2) is 0 Å². The van der Waals surface area contributed by atoms with Crippen LogP contribution in [0.5, 0.6) is 0 Å². The molecule has 0 fully saturated rings. The van der Waals surface area contributed by atoms with Gasteiger partial charge in [0.1, 0.15) is 0 Å². The van der Waals surface area contributed by atoms with Crippen molar-refractivity contribution >= 4 is 0 Å². The number of allylic oxidation sites excluding steroid dienone is 2. The van der Waals surface area contributed by atoms with Crippen molar-refractivity contribution in [3.63, 3.8) is 0 Å². The van der Waals surface area contributed by atoms with Crippen LogP contribution in [-0.4, -0.2) is 11.7 Å². The second-order valence-electron chi connectivity index (χ2n) is 2.63. The maximum absolute atomic E-state index is 8.51. The number of hydrogen-bond acceptors (Lipinski definition) is 1. The van der Waals surface area contributed by atoms with Crippen LogP contribution in [0.2, 0.25) is 0 Å². The van der Waals surface area contributed by atoms with E-state index in [0.717, 1.165) is 11.1 Å². The fraction of sp³-hybridized carbons (Fsp3) is 0.364.